The molecule has 0 aromatic heterocycles. The van der Waals surface area contributed by atoms with Crippen molar-refractivity contribution in [1.82, 2.24) is 4.90 Å². The molecule has 0 radical (unpaired) electrons. The van der Waals surface area contributed by atoms with Gasteiger partial charge in [0.2, 0.25) is 0 Å². The van der Waals surface area contributed by atoms with Crippen LogP contribution in [0.5, 0.6) is 0 Å². The molecule has 1 amide bonds. The van der Waals surface area contributed by atoms with Crippen molar-refractivity contribution >= 4 is 5.91 Å². The number of benzene rings is 1. The van der Waals surface area contributed by atoms with E-state index in [2.05, 4.69) is 51.7 Å². The first-order valence-corrected chi connectivity index (χ1v) is 12.3. The summed E-state index contributed by atoms with van der Waals surface area (Å²) in [5, 5.41) is 0. The Morgan fingerprint density at radius 2 is 1.10 bits per heavy atom. The van der Waals surface area contributed by atoms with Crippen molar-refractivity contribution < 1.29 is 4.79 Å². The van der Waals surface area contributed by atoms with E-state index in [1.165, 1.54) is 69.8 Å². The van der Waals surface area contributed by atoms with E-state index in [0.29, 0.717) is 0 Å². The summed E-state index contributed by atoms with van der Waals surface area (Å²) in [5.74, 6) is 0.215. The summed E-state index contributed by atoms with van der Waals surface area (Å²) in [7, 11) is 0. The summed E-state index contributed by atoms with van der Waals surface area (Å²) in [6.07, 6.45) is 15.2. The Bertz CT molecular complexity index is 525. The average molecular weight is 402 g/mol. The first-order valence-electron chi connectivity index (χ1n) is 12.3. The third kappa shape index (κ3) is 10.9. The predicted molar refractivity (Wildman–Crippen MR) is 128 cm³/mol. The molecule has 0 aliphatic carbocycles. The van der Waals surface area contributed by atoms with Crippen LogP contribution in [0.15, 0.2) is 24.3 Å². The molecular weight excluding hydrogens is 354 g/mol. The Morgan fingerprint density at radius 1 is 0.690 bits per heavy atom. The minimum atomic E-state index is 0.123. The maximum atomic E-state index is 13.2. The smallest absolute Gasteiger partial charge is 0.253 e. The molecule has 0 heterocycles. The maximum Gasteiger partial charge on any atom is 0.253 e. The fourth-order valence-electron chi connectivity index (χ4n) is 3.78. The van der Waals surface area contributed by atoms with Gasteiger partial charge in [0.05, 0.1) is 0 Å². The molecule has 1 rings (SSSR count). The van der Waals surface area contributed by atoms with E-state index in [9.17, 15) is 4.79 Å². The number of amides is 1. The van der Waals surface area contributed by atoms with Crippen LogP contribution in [0, 0.1) is 0 Å². The quantitative estimate of drug-likeness (QED) is 0.271. The third-order valence-electron chi connectivity index (χ3n) is 5.85. The van der Waals surface area contributed by atoms with Crippen LogP contribution in [0.25, 0.3) is 0 Å². The zero-order chi connectivity index (χ0) is 21.5. The normalized spacial score (nSPS) is 11.6. The molecule has 166 valence electrons. The zero-order valence-electron chi connectivity index (χ0n) is 20.1. The van der Waals surface area contributed by atoms with Gasteiger partial charge in [-0.1, -0.05) is 111 Å². The molecule has 1 aromatic carbocycles. The standard InChI is InChI=1S/C27H47NO/c1-6-8-10-12-14-16-22-28(23-17-15-13-11-9-7-2)26(29)24-18-20-25(21-19-24)27(3,4)5/h18-21H,6-17,22-23H2,1-5H3. The van der Waals surface area contributed by atoms with E-state index in [1.807, 2.05) is 12.1 Å². The van der Waals surface area contributed by atoms with E-state index < -0.39 is 0 Å². The van der Waals surface area contributed by atoms with Gasteiger partial charge in [-0.25, -0.2) is 0 Å². The summed E-state index contributed by atoms with van der Waals surface area (Å²) in [5.41, 5.74) is 2.25. The average Bonchev–Trinajstić information content (AvgIpc) is 2.70. The zero-order valence-corrected chi connectivity index (χ0v) is 20.1. The molecule has 2 heteroatoms. The highest BCUT2D eigenvalue weighted by Gasteiger charge is 2.17. The van der Waals surface area contributed by atoms with Crippen LogP contribution in [0.1, 0.15) is 128 Å². The van der Waals surface area contributed by atoms with Gasteiger partial charge >= 0.3 is 0 Å². The van der Waals surface area contributed by atoms with Crippen molar-refractivity contribution in [3.63, 3.8) is 0 Å². The largest absolute Gasteiger partial charge is 0.339 e. The molecule has 0 aliphatic rings. The first-order chi connectivity index (χ1) is 13.9. The van der Waals surface area contributed by atoms with Crippen LogP contribution in [0.3, 0.4) is 0 Å². The second-order valence-corrected chi connectivity index (χ2v) is 9.66. The Labute approximate surface area is 181 Å². The minimum Gasteiger partial charge on any atom is -0.339 e. The van der Waals surface area contributed by atoms with Crippen LogP contribution in [-0.4, -0.2) is 23.9 Å². The Hall–Kier alpha value is -1.31. The second-order valence-electron chi connectivity index (χ2n) is 9.66. The molecule has 0 fully saturated rings. The topological polar surface area (TPSA) is 20.3 Å². The van der Waals surface area contributed by atoms with Crippen LogP contribution < -0.4 is 0 Å². The number of unbranched alkanes of at least 4 members (excludes halogenated alkanes) is 10. The predicted octanol–water partition coefficient (Wildman–Crippen LogP) is 8.15. The fourth-order valence-corrected chi connectivity index (χ4v) is 3.78. The SMILES string of the molecule is CCCCCCCCN(CCCCCCCC)C(=O)c1ccc(C(C)(C)C)cc1. The molecule has 1 aromatic rings. The van der Waals surface area contributed by atoms with Crippen molar-refractivity contribution in [3.8, 4) is 0 Å². The van der Waals surface area contributed by atoms with Gasteiger partial charge in [0.1, 0.15) is 0 Å². The van der Waals surface area contributed by atoms with E-state index >= 15 is 0 Å². The molecule has 0 aliphatic heterocycles. The molecule has 2 nitrogen and oxygen atoms in total. The summed E-state index contributed by atoms with van der Waals surface area (Å²) in [4.78, 5) is 15.3. The number of hydrogen-bond donors (Lipinski definition) is 0. The Kier molecular flexibility index (Phi) is 13.0. The number of hydrogen-bond acceptors (Lipinski definition) is 1. The number of rotatable bonds is 15. The summed E-state index contributed by atoms with van der Waals surface area (Å²) >= 11 is 0. The molecular formula is C27H47NO. The van der Waals surface area contributed by atoms with Crippen LogP contribution in [-0.2, 0) is 5.41 Å². The van der Waals surface area contributed by atoms with E-state index in [4.69, 9.17) is 0 Å². The molecule has 0 atom stereocenters. The van der Waals surface area contributed by atoms with Gasteiger partial charge in [-0.3, -0.25) is 4.79 Å². The first kappa shape index (κ1) is 25.7. The van der Waals surface area contributed by atoms with Gasteiger partial charge in [-0.2, -0.15) is 0 Å². The van der Waals surface area contributed by atoms with Gasteiger partial charge in [-0.05, 0) is 36.0 Å². The van der Waals surface area contributed by atoms with Gasteiger partial charge in [0.25, 0.3) is 5.91 Å². The molecule has 0 saturated heterocycles. The molecule has 29 heavy (non-hydrogen) atoms. The highest BCUT2D eigenvalue weighted by molar-refractivity contribution is 5.94. The summed E-state index contributed by atoms with van der Waals surface area (Å²) in [6.45, 7) is 13.0. The number of carbonyl (C=O) groups is 1. The molecule has 0 saturated carbocycles. The number of carbonyl (C=O) groups excluding carboxylic acids is 1. The van der Waals surface area contributed by atoms with Crippen LogP contribution in [0.4, 0.5) is 0 Å². The number of nitrogens with zero attached hydrogens (tertiary/aromatic N) is 1. The monoisotopic (exact) mass is 401 g/mol. The third-order valence-corrected chi connectivity index (χ3v) is 5.85. The van der Waals surface area contributed by atoms with E-state index in [-0.39, 0.29) is 11.3 Å². The molecule has 0 N–H and O–H groups in total. The highest BCUT2D eigenvalue weighted by atomic mass is 16.2. The lowest BCUT2D eigenvalue weighted by Crippen LogP contribution is -2.33. The van der Waals surface area contributed by atoms with Gasteiger partial charge in [0.15, 0.2) is 0 Å². The Morgan fingerprint density at radius 3 is 1.52 bits per heavy atom. The lowest BCUT2D eigenvalue weighted by atomic mass is 9.86. The Balaban J connectivity index is 2.60. The van der Waals surface area contributed by atoms with Crippen LogP contribution >= 0.6 is 0 Å². The van der Waals surface area contributed by atoms with Gasteiger partial charge in [0, 0.05) is 18.7 Å². The van der Waals surface area contributed by atoms with Crippen molar-refractivity contribution in [2.75, 3.05) is 13.1 Å². The van der Waals surface area contributed by atoms with Gasteiger partial charge in [-0.15, -0.1) is 0 Å². The summed E-state index contributed by atoms with van der Waals surface area (Å²) < 4.78 is 0. The second kappa shape index (κ2) is 14.6. The van der Waals surface area contributed by atoms with Crippen molar-refractivity contribution in [2.24, 2.45) is 0 Å². The maximum absolute atomic E-state index is 13.2. The van der Waals surface area contributed by atoms with Gasteiger partial charge < -0.3 is 4.90 Å². The van der Waals surface area contributed by atoms with Crippen molar-refractivity contribution in [2.45, 2.75) is 117 Å². The molecule has 0 unspecified atom stereocenters. The van der Waals surface area contributed by atoms with E-state index in [1.54, 1.807) is 0 Å². The van der Waals surface area contributed by atoms with E-state index in [0.717, 1.165) is 31.5 Å². The molecule has 0 spiro atoms. The van der Waals surface area contributed by atoms with Crippen molar-refractivity contribution in [1.29, 1.82) is 0 Å². The highest BCUT2D eigenvalue weighted by Crippen LogP contribution is 2.23. The lowest BCUT2D eigenvalue weighted by molar-refractivity contribution is 0.0749. The lowest BCUT2D eigenvalue weighted by Gasteiger charge is -2.24. The molecule has 0 bridgehead atoms. The fraction of sp³-hybridized carbons (Fsp3) is 0.741. The van der Waals surface area contributed by atoms with Crippen molar-refractivity contribution in [3.05, 3.63) is 35.4 Å². The summed E-state index contributed by atoms with van der Waals surface area (Å²) in [6, 6.07) is 8.30. The van der Waals surface area contributed by atoms with Crippen LogP contribution in [0.2, 0.25) is 0 Å². The minimum absolute atomic E-state index is 0.123.